The van der Waals surface area contributed by atoms with Crippen LogP contribution in [0.15, 0.2) is 42.5 Å². The van der Waals surface area contributed by atoms with E-state index in [1.165, 1.54) is 0 Å². The molecule has 0 aromatic heterocycles. The van der Waals surface area contributed by atoms with Crippen molar-refractivity contribution in [1.29, 1.82) is 0 Å². The lowest BCUT2D eigenvalue weighted by Gasteiger charge is -2.38. The van der Waals surface area contributed by atoms with E-state index in [2.05, 4.69) is 10.6 Å². The monoisotopic (exact) mass is 534 g/mol. The van der Waals surface area contributed by atoms with Gasteiger partial charge in [0.15, 0.2) is 0 Å². The number of carbonyl (C=O) groups is 4. The Balaban J connectivity index is 1.68. The van der Waals surface area contributed by atoms with Crippen LogP contribution in [0.4, 0.5) is 5.69 Å². The molecule has 3 atom stereocenters. The van der Waals surface area contributed by atoms with Gasteiger partial charge in [-0.25, -0.2) is 4.79 Å². The average molecular weight is 535 g/mol. The Morgan fingerprint density at radius 1 is 1.00 bits per heavy atom. The molecule has 0 aliphatic heterocycles. The first kappa shape index (κ1) is 27.5. The van der Waals surface area contributed by atoms with Crippen LogP contribution in [0.1, 0.15) is 49.5 Å². The highest BCUT2D eigenvalue weighted by Gasteiger charge is 2.58. The van der Waals surface area contributed by atoms with Crippen molar-refractivity contribution in [2.24, 2.45) is 16.7 Å². The summed E-state index contributed by atoms with van der Waals surface area (Å²) in [5.41, 5.74) is -0.709. The second-order valence-electron chi connectivity index (χ2n) is 9.80. The smallest absolute Gasteiger partial charge is 0.326 e. The fourth-order valence-corrected chi connectivity index (χ4v) is 5.25. The van der Waals surface area contributed by atoms with Crippen LogP contribution < -0.4 is 10.6 Å². The van der Waals surface area contributed by atoms with Crippen molar-refractivity contribution in [3.8, 4) is 0 Å². The normalized spacial score (nSPS) is 21.4. The third kappa shape index (κ3) is 5.34. The van der Waals surface area contributed by atoms with Crippen LogP contribution in [0.2, 0.25) is 10.0 Å². The Labute approximate surface area is 219 Å². The summed E-state index contributed by atoms with van der Waals surface area (Å²) in [4.78, 5) is 49.3. The Kier molecular flexibility index (Phi) is 8.00. The van der Waals surface area contributed by atoms with Crippen LogP contribution in [0.3, 0.4) is 0 Å². The molecule has 1 saturated carbocycles. The van der Waals surface area contributed by atoms with Gasteiger partial charge in [-0.1, -0.05) is 55.2 Å². The zero-order valence-electron chi connectivity index (χ0n) is 20.1. The number of aliphatic carboxylic acids is 2. The molecule has 2 aromatic rings. The minimum atomic E-state index is -1.20. The van der Waals surface area contributed by atoms with Gasteiger partial charge in [-0.2, -0.15) is 0 Å². The number of carbonyl (C=O) groups excluding carboxylic acids is 2. The van der Waals surface area contributed by atoms with Crippen molar-refractivity contribution in [3.05, 3.63) is 63.6 Å². The first-order valence-corrected chi connectivity index (χ1v) is 12.1. The molecule has 36 heavy (non-hydrogen) atoms. The summed E-state index contributed by atoms with van der Waals surface area (Å²) in [6.45, 7) is 5.09. The number of benzene rings is 2. The largest absolute Gasteiger partial charge is 0.481 e. The van der Waals surface area contributed by atoms with Crippen LogP contribution in [-0.4, -0.2) is 40.0 Å². The number of nitrogens with one attached hydrogen (secondary N) is 2. The van der Waals surface area contributed by atoms with E-state index < -0.39 is 46.5 Å². The number of anilines is 1. The van der Waals surface area contributed by atoms with Crippen molar-refractivity contribution >= 4 is 52.6 Å². The number of carboxylic acids is 2. The molecule has 0 heterocycles. The molecule has 0 spiro atoms. The number of carboxylic acid groups (broad SMARTS) is 2. The van der Waals surface area contributed by atoms with Crippen LogP contribution in [0.25, 0.3) is 0 Å². The molecular formula is C26H28Cl2N2O6. The molecule has 8 nitrogen and oxygen atoms in total. The van der Waals surface area contributed by atoms with E-state index in [9.17, 15) is 29.4 Å². The SMILES string of the molecule is CC1(C)[C@@H](C(=O)N[C@H](Cc2ccc(NC(=O)c3c(Cl)cccc3Cl)cc2)C(=O)O)CC[C@@]1(C)C(=O)O. The molecule has 4 N–H and O–H groups in total. The molecule has 2 aromatic carbocycles. The molecule has 1 aliphatic carbocycles. The quantitative estimate of drug-likeness (QED) is 0.381. The van der Waals surface area contributed by atoms with Gasteiger partial charge in [0.25, 0.3) is 5.91 Å². The molecule has 3 rings (SSSR count). The second-order valence-corrected chi connectivity index (χ2v) is 10.6. The molecule has 1 fully saturated rings. The maximum Gasteiger partial charge on any atom is 0.326 e. The van der Waals surface area contributed by atoms with Gasteiger partial charge in [-0.15, -0.1) is 0 Å². The fourth-order valence-electron chi connectivity index (χ4n) is 4.68. The van der Waals surface area contributed by atoms with Crippen molar-refractivity contribution < 1.29 is 29.4 Å². The van der Waals surface area contributed by atoms with Crippen LogP contribution in [-0.2, 0) is 20.8 Å². The molecule has 0 bridgehead atoms. The zero-order valence-corrected chi connectivity index (χ0v) is 21.6. The summed E-state index contributed by atoms with van der Waals surface area (Å²) in [5, 5.41) is 25.1. The third-order valence-electron chi connectivity index (χ3n) is 7.47. The second kappa shape index (κ2) is 10.5. The first-order valence-electron chi connectivity index (χ1n) is 11.4. The molecular weight excluding hydrogens is 507 g/mol. The van der Waals surface area contributed by atoms with E-state index >= 15 is 0 Å². The maximum atomic E-state index is 13.0. The Hall–Kier alpha value is -3.10. The summed E-state index contributed by atoms with van der Waals surface area (Å²) >= 11 is 12.2. The zero-order chi connectivity index (χ0) is 26.8. The molecule has 0 unspecified atom stereocenters. The van der Waals surface area contributed by atoms with Crippen LogP contribution in [0, 0.1) is 16.7 Å². The van der Waals surface area contributed by atoms with Gasteiger partial charge in [0.2, 0.25) is 5.91 Å². The molecule has 192 valence electrons. The van der Waals surface area contributed by atoms with E-state index in [0.717, 1.165) is 0 Å². The fraction of sp³-hybridized carbons (Fsp3) is 0.385. The highest BCUT2D eigenvalue weighted by molar-refractivity contribution is 6.40. The highest BCUT2D eigenvalue weighted by atomic mass is 35.5. The predicted octanol–water partition coefficient (Wildman–Crippen LogP) is 4.88. The number of hydrogen-bond donors (Lipinski definition) is 4. The van der Waals surface area contributed by atoms with Crippen LogP contribution in [0.5, 0.6) is 0 Å². The first-order chi connectivity index (χ1) is 16.8. The summed E-state index contributed by atoms with van der Waals surface area (Å²) < 4.78 is 0. The van der Waals surface area contributed by atoms with Gasteiger partial charge < -0.3 is 20.8 Å². The molecule has 0 radical (unpaired) electrons. The number of rotatable bonds is 8. The Morgan fingerprint density at radius 2 is 1.58 bits per heavy atom. The van der Waals surface area contributed by atoms with Gasteiger partial charge >= 0.3 is 11.9 Å². The highest BCUT2D eigenvalue weighted by Crippen LogP contribution is 2.56. The van der Waals surface area contributed by atoms with Gasteiger partial charge in [0, 0.05) is 18.0 Å². The lowest BCUT2D eigenvalue weighted by molar-refractivity contribution is -0.155. The summed E-state index contributed by atoms with van der Waals surface area (Å²) in [6, 6.07) is 10.1. The summed E-state index contributed by atoms with van der Waals surface area (Å²) in [5.74, 6) is -3.76. The molecule has 10 heteroatoms. The van der Waals surface area contributed by atoms with E-state index in [1.54, 1.807) is 63.2 Å². The van der Waals surface area contributed by atoms with Gasteiger partial charge in [0.1, 0.15) is 6.04 Å². The topological polar surface area (TPSA) is 133 Å². The molecule has 0 saturated heterocycles. The Bertz CT molecular complexity index is 1180. The lowest BCUT2D eigenvalue weighted by atomic mass is 9.65. The number of amides is 2. The number of hydrogen-bond acceptors (Lipinski definition) is 4. The van der Waals surface area contributed by atoms with Gasteiger partial charge in [0.05, 0.1) is 21.0 Å². The van der Waals surface area contributed by atoms with Crippen molar-refractivity contribution in [2.75, 3.05) is 5.32 Å². The van der Waals surface area contributed by atoms with Gasteiger partial charge in [-0.05, 0) is 55.0 Å². The molecule has 1 aliphatic rings. The molecule has 2 amide bonds. The average Bonchev–Trinajstić information content (AvgIpc) is 3.04. The number of halogens is 2. The minimum Gasteiger partial charge on any atom is -0.481 e. The van der Waals surface area contributed by atoms with Gasteiger partial charge in [-0.3, -0.25) is 14.4 Å². The maximum absolute atomic E-state index is 13.0. The van der Waals surface area contributed by atoms with E-state index in [-0.39, 0.29) is 22.0 Å². The standard InChI is InChI=1S/C26H28Cl2N2O6/c1-25(2)16(11-12-26(25,3)24(35)36)21(31)30-19(23(33)34)13-14-7-9-15(10-8-14)29-22(32)20-17(27)5-4-6-18(20)28/h4-10,16,19H,11-13H2,1-3H3,(H,29,32)(H,30,31)(H,33,34)(H,35,36)/t16-,19-,26+/m1/s1. The van der Waals surface area contributed by atoms with Crippen LogP contribution >= 0.6 is 23.2 Å². The van der Waals surface area contributed by atoms with Crippen molar-refractivity contribution in [1.82, 2.24) is 5.32 Å². The summed E-state index contributed by atoms with van der Waals surface area (Å²) in [6.07, 6.45) is 0.699. The third-order valence-corrected chi connectivity index (χ3v) is 8.10. The van der Waals surface area contributed by atoms with E-state index in [4.69, 9.17) is 23.2 Å². The van der Waals surface area contributed by atoms with E-state index in [1.807, 2.05) is 0 Å². The lowest BCUT2D eigenvalue weighted by Crippen LogP contribution is -2.49. The Morgan fingerprint density at radius 3 is 2.08 bits per heavy atom. The minimum absolute atomic E-state index is 0.00892. The summed E-state index contributed by atoms with van der Waals surface area (Å²) in [7, 11) is 0. The van der Waals surface area contributed by atoms with Crippen molar-refractivity contribution in [3.63, 3.8) is 0 Å². The van der Waals surface area contributed by atoms with Crippen molar-refractivity contribution in [2.45, 2.75) is 46.1 Å². The van der Waals surface area contributed by atoms with E-state index in [0.29, 0.717) is 24.1 Å². The predicted molar refractivity (Wildman–Crippen MR) is 136 cm³/mol.